The third-order valence-corrected chi connectivity index (χ3v) is 3.42. The lowest BCUT2D eigenvalue weighted by atomic mass is 10.0. The van der Waals surface area contributed by atoms with Gasteiger partial charge >= 0.3 is 5.97 Å². The molecule has 94 valence electrons. The average Bonchev–Trinajstić information content (AvgIpc) is 2.64. The minimum absolute atomic E-state index is 0.315. The Morgan fingerprint density at radius 1 is 1.47 bits per heavy atom. The summed E-state index contributed by atoms with van der Waals surface area (Å²) < 4.78 is 3.68. The normalized spacial score (nSPS) is 11.3. The highest BCUT2D eigenvalue weighted by Gasteiger charge is 2.38. The first kappa shape index (κ1) is 13.6. The Morgan fingerprint density at radius 2 is 2.06 bits per heavy atom. The maximum Gasteiger partial charge on any atom is 0.329 e. The Labute approximate surface area is 103 Å². The highest BCUT2D eigenvalue weighted by atomic mass is 32.1. The zero-order chi connectivity index (χ0) is 13.2. The van der Waals surface area contributed by atoms with E-state index < -0.39 is 11.5 Å². The molecule has 1 rings (SSSR count). The number of rotatable bonds is 4. The summed E-state index contributed by atoms with van der Waals surface area (Å²) in [4.78, 5) is 25.1. The van der Waals surface area contributed by atoms with Crippen LogP contribution in [0.15, 0.2) is 0 Å². The first-order valence-electron chi connectivity index (χ1n) is 5.16. The number of carbonyl (C=O) groups excluding carboxylic acids is 1. The molecule has 0 radical (unpaired) electrons. The largest absolute Gasteiger partial charge is 0.480 e. The number of aryl methyl sites for hydroxylation is 1. The van der Waals surface area contributed by atoms with Gasteiger partial charge in [0.2, 0.25) is 0 Å². The third-order valence-electron chi connectivity index (χ3n) is 2.61. The Kier molecular flexibility index (Phi) is 3.82. The molecule has 1 amide bonds. The van der Waals surface area contributed by atoms with Crippen molar-refractivity contribution in [2.24, 2.45) is 0 Å². The molecule has 7 heteroatoms. The summed E-state index contributed by atoms with van der Waals surface area (Å²) in [5.74, 6) is -1.38. The molecule has 0 saturated heterocycles. The van der Waals surface area contributed by atoms with Crippen LogP contribution in [0.25, 0.3) is 0 Å². The van der Waals surface area contributed by atoms with Gasteiger partial charge in [-0.15, -0.1) is 5.10 Å². The van der Waals surface area contributed by atoms with Gasteiger partial charge < -0.3 is 10.0 Å². The van der Waals surface area contributed by atoms with Gasteiger partial charge in [0.15, 0.2) is 0 Å². The molecule has 0 spiro atoms. The van der Waals surface area contributed by atoms with Crippen LogP contribution in [0.3, 0.4) is 0 Å². The van der Waals surface area contributed by atoms with Crippen molar-refractivity contribution < 1.29 is 14.7 Å². The third kappa shape index (κ3) is 2.44. The number of hydrogen-bond acceptors (Lipinski definition) is 5. The van der Waals surface area contributed by atoms with Crippen molar-refractivity contribution in [2.75, 3.05) is 6.54 Å². The summed E-state index contributed by atoms with van der Waals surface area (Å²) in [6, 6.07) is 0. The second-order valence-corrected chi connectivity index (χ2v) is 4.86. The Hall–Kier alpha value is -1.50. The van der Waals surface area contributed by atoms with Crippen molar-refractivity contribution >= 4 is 23.4 Å². The van der Waals surface area contributed by atoms with Crippen LogP contribution in [0, 0.1) is 6.92 Å². The van der Waals surface area contributed by atoms with Crippen LogP contribution in [0.5, 0.6) is 0 Å². The molecular formula is C10H15N3O3S. The number of carbonyl (C=O) groups is 2. The molecule has 0 aliphatic carbocycles. The minimum Gasteiger partial charge on any atom is -0.480 e. The predicted octanol–water partition coefficient (Wildman–Crippen LogP) is 1.17. The first-order chi connectivity index (χ1) is 7.82. The number of likely N-dealkylation sites (N-methyl/N-ethyl adjacent to an activating group) is 1. The number of carboxylic acids is 1. The molecule has 0 aromatic carbocycles. The van der Waals surface area contributed by atoms with Gasteiger partial charge in [-0.1, -0.05) is 4.49 Å². The van der Waals surface area contributed by atoms with Crippen molar-refractivity contribution in [3.8, 4) is 0 Å². The number of aliphatic carboxylic acids is 1. The Bertz CT molecular complexity index is 442. The maximum atomic E-state index is 12.2. The summed E-state index contributed by atoms with van der Waals surface area (Å²) in [6.07, 6.45) is 0. The average molecular weight is 257 g/mol. The molecule has 6 nitrogen and oxygen atoms in total. The highest BCUT2D eigenvalue weighted by Crippen LogP contribution is 2.20. The Balaban J connectivity index is 3.09. The molecule has 1 aromatic rings. The van der Waals surface area contributed by atoms with Crippen molar-refractivity contribution in [1.29, 1.82) is 0 Å². The molecule has 1 aromatic heterocycles. The maximum absolute atomic E-state index is 12.2. The van der Waals surface area contributed by atoms with Gasteiger partial charge in [-0.3, -0.25) is 4.79 Å². The van der Waals surface area contributed by atoms with Gasteiger partial charge in [0.25, 0.3) is 5.91 Å². The van der Waals surface area contributed by atoms with Crippen molar-refractivity contribution in [3.63, 3.8) is 0 Å². The topological polar surface area (TPSA) is 83.4 Å². The molecular weight excluding hydrogens is 242 g/mol. The molecule has 1 heterocycles. The number of nitrogens with zero attached hydrogens (tertiary/aromatic N) is 3. The zero-order valence-electron chi connectivity index (χ0n) is 10.2. The van der Waals surface area contributed by atoms with Crippen LogP contribution < -0.4 is 0 Å². The number of amides is 1. The van der Waals surface area contributed by atoms with Gasteiger partial charge in [-0.2, -0.15) is 0 Å². The monoisotopic (exact) mass is 257 g/mol. The fraction of sp³-hybridized carbons (Fsp3) is 0.600. The highest BCUT2D eigenvalue weighted by molar-refractivity contribution is 7.08. The lowest BCUT2D eigenvalue weighted by Gasteiger charge is -2.33. The molecule has 0 unspecified atom stereocenters. The van der Waals surface area contributed by atoms with Gasteiger partial charge in [0.05, 0.1) is 5.69 Å². The second-order valence-electron chi connectivity index (χ2n) is 4.10. The molecule has 1 N–H and O–H groups in total. The van der Waals surface area contributed by atoms with Crippen LogP contribution in [0.2, 0.25) is 0 Å². The summed E-state index contributed by atoms with van der Waals surface area (Å²) in [6.45, 7) is 6.74. The smallest absolute Gasteiger partial charge is 0.329 e. The van der Waals surface area contributed by atoms with E-state index in [2.05, 4.69) is 9.59 Å². The quantitative estimate of drug-likeness (QED) is 0.875. The minimum atomic E-state index is -1.25. The van der Waals surface area contributed by atoms with Gasteiger partial charge in [0.1, 0.15) is 10.4 Å². The van der Waals surface area contributed by atoms with Gasteiger partial charge in [0, 0.05) is 6.54 Å². The standard InChI is InChI=1S/C10H15N3O3S/c1-5-13(10(3,4)9(15)16)8(14)7-6(2)11-12-17-7/h5H2,1-4H3,(H,15,16). The van der Waals surface area contributed by atoms with E-state index in [0.29, 0.717) is 17.1 Å². The summed E-state index contributed by atoms with van der Waals surface area (Å²) in [5.41, 5.74) is -0.720. The van der Waals surface area contributed by atoms with Crippen molar-refractivity contribution in [1.82, 2.24) is 14.5 Å². The molecule has 0 bridgehead atoms. The van der Waals surface area contributed by atoms with Gasteiger partial charge in [-0.05, 0) is 39.2 Å². The Morgan fingerprint density at radius 3 is 2.41 bits per heavy atom. The zero-order valence-corrected chi connectivity index (χ0v) is 11.0. The van der Waals surface area contributed by atoms with E-state index in [1.54, 1.807) is 13.8 Å². The van der Waals surface area contributed by atoms with Crippen molar-refractivity contribution in [3.05, 3.63) is 10.6 Å². The molecule has 0 aliphatic rings. The van der Waals surface area contributed by atoms with Crippen LogP contribution in [-0.4, -0.2) is 43.6 Å². The summed E-state index contributed by atoms with van der Waals surface area (Å²) in [7, 11) is 0. The van der Waals surface area contributed by atoms with Crippen LogP contribution in [0.4, 0.5) is 0 Å². The molecule has 0 atom stereocenters. The van der Waals surface area contributed by atoms with E-state index in [0.717, 1.165) is 11.5 Å². The number of aromatic nitrogens is 2. The summed E-state index contributed by atoms with van der Waals surface area (Å²) >= 11 is 0.984. The summed E-state index contributed by atoms with van der Waals surface area (Å²) in [5, 5.41) is 12.9. The van der Waals surface area contributed by atoms with E-state index in [1.165, 1.54) is 18.7 Å². The van der Waals surface area contributed by atoms with E-state index in [-0.39, 0.29) is 5.91 Å². The first-order valence-corrected chi connectivity index (χ1v) is 5.94. The van der Waals surface area contributed by atoms with Crippen LogP contribution >= 0.6 is 11.5 Å². The van der Waals surface area contributed by atoms with E-state index in [4.69, 9.17) is 5.11 Å². The number of carboxylic acid groups (broad SMARTS) is 1. The van der Waals surface area contributed by atoms with Crippen LogP contribution in [0.1, 0.15) is 36.1 Å². The molecule has 17 heavy (non-hydrogen) atoms. The predicted molar refractivity (Wildman–Crippen MR) is 63.1 cm³/mol. The molecule has 0 aliphatic heterocycles. The van der Waals surface area contributed by atoms with E-state index in [1.807, 2.05) is 0 Å². The van der Waals surface area contributed by atoms with Crippen molar-refractivity contribution in [2.45, 2.75) is 33.2 Å². The lowest BCUT2D eigenvalue weighted by Crippen LogP contribution is -2.52. The second kappa shape index (κ2) is 4.79. The molecule has 0 saturated carbocycles. The van der Waals surface area contributed by atoms with E-state index >= 15 is 0 Å². The fourth-order valence-electron chi connectivity index (χ4n) is 1.46. The lowest BCUT2D eigenvalue weighted by molar-refractivity contribution is -0.147. The van der Waals surface area contributed by atoms with Crippen LogP contribution in [-0.2, 0) is 4.79 Å². The molecule has 0 fully saturated rings. The number of hydrogen-bond donors (Lipinski definition) is 1. The fourth-order valence-corrected chi connectivity index (χ4v) is 2.06. The SMILES string of the molecule is CCN(C(=O)c1snnc1C)C(C)(C)C(=O)O. The van der Waals surface area contributed by atoms with E-state index in [9.17, 15) is 9.59 Å². The van der Waals surface area contributed by atoms with Gasteiger partial charge in [-0.25, -0.2) is 4.79 Å².